The molecule has 4 heteroatoms. The number of ether oxygens (including phenoxy) is 1. The van der Waals surface area contributed by atoms with E-state index in [4.69, 9.17) is 10.8 Å². The number of aliphatic hydroxyl groups is 1. The van der Waals surface area contributed by atoms with E-state index in [-0.39, 0.29) is 0 Å². The van der Waals surface area contributed by atoms with Gasteiger partial charge in [-0.15, -0.1) is 0 Å². The van der Waals surface area contributed by atoms with E-state index < -0.39 is 17.6 Å². The van der Waals surface area contributed by atoms with Gasteiger partial charge in [-0.1, -0.05) is 0 Å². The third kappa shape index (κ3) is 2.33. The lowest BCUT2D eigenvalue weighted by Gasteiger charge is -2.22. The number of carbonyl (C=O) groups is 1. The van der Waals surface area contributed by atoms with Crippen molar-refractivity contribution in [3.05, 3.63) is 0 Å². The number of nitrogens with two attached hydrogens (primary N) is 1. The summed E-state index contributed by atoms with van der Waals surface area (Å²) in [5, 5.41) is 9.16. The summed E-state index contributed by atoms with van der Waals surface area (Å²) in [7, 11) is 1.23. The number of rotatable bonds is 2. The zero-order chi connectivity index (χ0) is 8.36. The first kappa shape index (κ1) is 9.39. The van der Waals surface area contributed by atoms with Crippen LogP contribution in [0.2, 0.25) is 0 Å². The van der Waals surface area contributed by atoms with E-state index in [9.17, 15) is 4.79 Å². The van der Waals surface area contributed by atoms with E-state index in [1.54, 1.807) is 0 Å². The second kappa shape index (κ2) is 2.98. The maximum atomic E-state index is 10.7. The van der Waals surface area contributed by atoms with Crippen LogP contribution in [0.4, 0.5) is 0 Å². The van der Waals surface area contributed by atoms with Crippen molar-refractivity contribution in [1.29, 1.82) is 0 Å². The third-order valence-electron chi connectivity index (χ3n) is 1.22. The number of carbonyl (C=O) groups excluding carboxylic acids is 1. The van der Waals surface area contributed by atoms with Gasteiger partial charge < -0.3 is 15.6 Å². The van der Waals surface area contributed by atoms with Crippen molar-refractivity contribution in [2.45, 2.75) is 25.5 Å². The highest BCUT2D eigenvalue weighted by atomic mass is 16.5. The quantitative estimate of drug-likeness (QED) is 0.504. The Morgan fingerprint density at radius 1 is 1.70 bits per heavy atom. The second-order valence-electron chi connectivity index (χ2n) is 2.65. The zero-order valence-corrected chi connectivity index (χ0v) is 6.42. The Morgan fingerprint density at radius 2 is 2.10 bits per heavy atom. The number of hydrogen-bond acceptors (Lipinski definition) is 4. The molecule has 0 bridgehead atoms. The van der Waals surface area contributed by atoms with E-state index >= 15 is 0 Å². The van der Waals surface area contributed by atoms with Gasteiger partial charge in [-0.05, 0) is 13.8 Å². The Hall–Kier alpha value is -0.610. The van der Waals surface area contributed by atoms with Gasteiger partial charge in [-0.2, -0.15) is 0 Å². The van der Waals surface area contributed by atoms with Gasteiger partial charge in [0.15, 0.2) is 0 Å². The average molecular weight is 147 g/mol. The van der Waals surface area contributed by atoms with Crippen molar-refractivity contribution in [3.8, 4) is 0 Å². The zero-order valence-electron chi connectivity index (χ0n) is 6.42. The van der Waals surface area contributed by atoms with Gasteiger partial charge in [0.1, 0.15) is 6.04 Å². The minimum atomic E-state index is -1.22. The molecule has 0 aliphatic rings. The molecule has 0 spiro atoms. The van der Waals surface area contributed by atoms with Gasteiger partial charge in [0.05, 0.1) is 12.7 Å². The van der Waals surface area contributed by atoms with Crippen molar-refractivity contribution < 1.29 is 14.6 Å². The Kier molecular flexibility index (Phi) is 2.80. The fourth-order valence-corrected chi connectivity index (χ4v) is 0.415. The molecule has 0 heterocycles. The van der Waals surface area contributed by atoms with Gasteiger partial charge >= 0.3 is 5.97 Å². The molecular formula is C6H13NO3. The summed E-state index contributed by atoms with van der Waals surface area (Å²) in [6.45, 7) is 2.91. The minimum absolute atomic E-state index is 0.604. The van der Waals surface area contributed by atoms with Crippen LogP contribution in [-0.2, 0) is 9.53 Å². The van der Waals surface area contributed by atoms with E-state index in [0.717, 1.165) is 0 Å². The van der Waals surface area contributed by atoms with Crippen LogP contribution < -0.4 is 5.73 Å². The van der Waals surface area contributed by atoms with Crippen molar-refractivity contribution in [1.82, 2.24) is 0 Å². The molecule has 0 aliphatic carbocycles. The smallest absolute Gasteiger partial charge is 0.325 e. The second-order valence-corrected chi connectivity index (χ2v) is 2.65. The first-order valence-electron chi connectivity index (χ1n) is 2.95. The molecule has 0 radical (unpaired) electrons. The molecule has 0 saturated carbocycles. The van der Waals surface area contributed by atoms with Gasteiger partial charge in [-0.3, -0.25) is 4.79 Å². The predicted molar refractivity (Wildman–Crippen MR) is 36.3 cm³/mol. The Morgan fingerprint density at radius 3 is 2.20 bits per heavy atom. The fourth-order valence-electron chi connectivity index (χ4n) is 0.415. The van der Waals surface area contributed by atoms with E-state index in [2.05, 4.69) is 4.74 Å². The normalized spacial score (nSPS) is 14.5. The van der Waals surface area contributed by atoms with Crippen LogP contribution in [0, 0.1) is 0 Å². The summed E-state index contributed by atoms with van der Waals surface area (Å²) >= 11 is 0. The van der Waals surface area contributed by atoms with Crippen LogP contribution in [0.15, 0.2) is 0 Å². The third-order valence-corrected chi connectivity index (χ3v) is 1.22. The van der Waals surface area contributed by atoms with E-state index in [0.29, 0.717) is 0 Å². The molecule has 0 fully saturated rings. The summed E-state index contributed by atoms with van der Waals surface area (Å²) in [5.74, 6) is -0.604. The highest BCUT2D eigenvalue weighted by molar-refractivity contribution is 5.76. The average Bonchev–Trinajstić information content (AvgIpc) is 1.83. The van der Waals surface area contributed by atoms with Crippen molar-refractivity contribution in [3.63, 3.8) is 0 Å². The minimum Gasteiger partial charge on any atom is -0.468 e. The first-order chi connectivity index (χ1) is 4.39. The van der Waals surface area contributed by atoms with E-state index in [1.807, 2.05) is 0 Å². The molecule has 60 valence electrons. The lowest BCUT2D eigenvalue weighted by molar-refractivity contribution is -0.147. The number of hydrogen-bond donors (Lipinski definition) is 2. The Labute approximate surface area is 60.0 Å². The molecule has 4 nitrogen and oxygen atoms in total. The maximum absolute atomic E-state index is 10.7. The standard InChI is InChI=1S/C6H13NO3/c1-6(2,9)4(7)5(8)10-3/h4,9H,7H2,1-3H3/t4-/m0/s1. The van der Waals surface area contributed by atoms with Crippen LogP contribution >= 0.6 is 0 Å². The van der Waals surface area contributed by atoms with Crippen LogP contribution in [0.5, 0.6) is 0 Å². The Balaban J connectivity index is 4.08. The molecule has 0 aromatic heterocycles. The largest absolute Gasteiger partial charge is 0.468 e. The van der Waals surface area contributed by atoms with Gasteiger partial charge in [-0.25, -0.2) is 0 Å². The summed E-state index contributed by atoms with van der Waals surface area (Å²) in [6, 6.07) is -0.975. The van der Waals surface area contributed by atoms with Crippen molar-refractivity contribution in [2.24, 2.45) is 5.73 Å². The van der Waals surface area contributed by atoms with Crippen LogP contribution in [0.25, 0.3) is 0 Å². The summed E-state index contributed by atoms with van der Waals surface area (Å²) < 4.78 is 4.31. The Bertz CT molecular complexity index is 127. The maximum Gasteiger partial charge on any atom is 0.325 e. The topological polar surface area (TPSA) is 72.5 Å². The summed E-state index contributed by atoms with van der Waals surface area (Å²) in [4.78, 5) is 10.7. The molecule has 1 atom stereocenters. The van der Waals surface area contributed by atoms with Gasteiger partial charge in [0, 0.05) is 0 Å². The molecule has 0 aromatic rings. The molecular weight excluding hydrogens is 134 g/mol. The molecule has 0 rings (SSSR count). The molecule has 0 saturated heterocycles. The SMILES string of the molecule is COC(=O)[C@H](N)C(C)(C)O. The first-order valence-corrected chi connectivity index (χ1v) is 2.95. The lowest BCUT2D eigenvalue weighted by Crippen LogP contribution is -2.49. The van der Waals surface area contributed by atoms with Gasteiger partial charge in [0.25, 0.3) is 0 Å². The molecule has 10 heavy (non-hydrogen) atoms. The molecule has 0 unspecified atom stereocenters. The van der Waals surface area contributed by atoms with Crippen LogP contribution in [-0.4, -0.2) is 29.8 Å². The van der Waals surface area contributed by atoms with E-state index in [1.165, 1.54) is 21.0 Å². The fraction of sp³-hybridized carbons (Fsp3) is 0.833. The predicted octanol–water partition coefficient (Wildman–Crippen LogP) is -0.742. The summed E-state index contributed by atoms with van der Waals surface area (Å²) in [6.07, 6.45) is 0. The molecule has 0 amide bonds. The van der Waals surface area contributed by atoms with Crippen LogP contribution in [0.1, 0.15) is 13.8 Å². The highest BCUT2D eigenvalue weighted by Crippen LogP contribution is 2.06. The molecule has 0 aromatic carbocycles. The van der Waals surface area contributed by atoms with Crippen LogP contribution in [0.3, 0.4) is 0 Å². The summed E-state index contributed by atoms with van der Waals surface area (Å²) in [5.41, 5.74) is 4.07. The number of methoxy groups -OCH3 is 1. The lowest BCUT2D eigenvalue weighted by atomic mass is 10.0. The van der Waals surface area contributed by atoms with Crippen molar-refractivity contribution in [2.75, 3.05) is 7.11 Å². The molecule has 3 N–H and O–H groups in total. The molecule has 0 aliphatic heterocycles. The monoisotopic (exact) mass is 147 g/mol. The van der Waals surface area contributed by atoms with Crippen molar-refractivity contribution >= 4 is 5.97 Å². The van der Waals surface area contributed by atoms with Gasteiger partial charge in [0.2, 0.25) is 0 Å². The highest BCUT2D eigenvalue weighted by Gasteiger charge is 2.30. The number of esters is 1.